The fraction of sp³-hybridized carbons (Fsp3) is 0.429. The molecule has 1 heterocycles. The smallest absolute Gasteiger partial charge is 0.152 e. The zero-order chi connectivity index (χ0) is 11.8. The van der Waals surface area contributed by atoms with Crippen molar-refractivity contribution < 1.29 is 4.42 Å². The molecule has 0 bridgehead atoms. The summed E-state index contributed by atoms with van der Waals surface area (Å²) < 4.78 is 5.77. The standard InChI is InChI=1S/C14H16ClNO/c15-11-6-2-5-10-8-13(17-14(10)11)12(16)7-9-3-1-4-9/h2,5-6,8-9,12H,1,3-4,7,16H2. The van der Waals surface area contributed by atoms with Gasteiger partial charge in [0.15, 0.2) is 5.58 Å². The molecule has 0 amide bonds. The minimum atomic E-state index is 0.00349. The van der Waals surface area contributed by atoms with Crippen LogP contribution in [0.15, 0.2) is 28.7 Å². The average Bonchev–Trinajstić information content (AvgIpc) is 2.68. The Morgan fingerprint density at radius 1 is 1.41 bits per heavy atom. The van der Waals surface area contributed by atoms with E-state index >= 15 is 0 Å². The molecule has 1 unspecified atom stereocenters. The van der Waals surface area contributed by atoms with Crippen molar-refractivity contribution in [2.75, 3.05) is 0 Å². The predicted octanol–water partition coefficient (Wildman–Crippen LogP) is 4.28. The normalized spacial score (nSPS) is 18.2. The number of nitrogens with two attached hydrogens (primary N) is 1. The van der Waals surface area contributed by atoms with E-state index in [0.717, 1.165) is 29.1 Å². The Kier molecular flexibility index (Phi) is 2.85. The number of para-hydroxylation sites is 1. The molecule has 90 valence electrons. The van der Waals surface area contributed by atoms with Gasteiger partial charge in [-0.25, -0.2) is 0 Å². The largest absolute Gasteiger partial charge is 0.458 e. The van der Waals surface area contributed by atoms with Crippen LogP contribution in [0.4, 0.5) is 0 Å². The van der Waals surface area contributed by atoms with E-state index in [0.29, 0.717) is 5.02 Å². The topological polar surface area (TPSA) is 39.2 Å². The van der Waals surface area contributed by atoms with E-state index in [1.165, 1.54) is 19.3 Å². The maximum atomic E-state index is 6.18. The summed E-state index contributed by atoms with van der Waals surface area (Å²) in [5, 5.41) is 1.70. The third-order valence-corrected chi connectivity index (χ3v) is 3.99. The van der Waals surface area contributed by atoms with Gasteiger partial charge in [-0.05, 0) is 24.5 Å². The lowest BCUT2D eigenvalue weighted by atomic mass is 9.80. The van der Waals surface area contributed by atoms with Crippen molar-refractivity contribution in [3.8, 4) is 0 Å². The number of rotatable bonds is 3. The van der Waals surface area contributed by atoms with Crippen molar-refractivity contribution in [2.24, 2.45) is 11.7 Å². The lowest BCUT2D eigenvalue weighted by Crippen LogP contribution is -2.19. The molecule has 1 saturated carbocycles. The Labute approximate surface area is 106 Å². The number of hydrogen-bond acceptors (Lipinski definition) is 2. The van der Waals surface area contributed by atoms with Crippen LogP contribution < -0.4 is 5.73 Å². The minimum Gasteiger partial charge on any atom is -0.458 e. The summed E-state index contributed by atoms with van der Waals surface area (Å²) in [6.45, 7) is 0. The molecule has 0 saturated heterocycles. The van der Waals surface area contributed by atoms with Gasteiger partial charge >= 0.3 is 0 Å². The highest BCUT2D eigenvalue weighted by Crippen LogP contribution is 2.36. The fourth-order valence-electron chi connectivity index (χ4n) is 2.43. The number of halogens is 1. The maximum absolute atomic E-state index is 6.18. The van der Waals surface area contributed by atoms with Crippen LogP contribution in [0.1, 0.15) is 37.5 Å². The first kappa shape index (κ1) is 11.1. The second-order valence-electron chi connectivity index (χ2n) is 4.95. The van der Waals surface area contributed by atoms with Gasteiger partial charge in [0.1, 0.15) is 5.76 Å². The second-order valence-corrected chi connectivity index (χ2v) is 5.35. The fourth-order valence-corrected chi connectivity index (χ4v) is 2.65. The van der Waals surface area contributed by atoms with E-state index in [1.807, 2.05) is 24.3 Å². The Morgan fingerprint density at radius 2 is 2.24 bits per heavy atom. The third kappa shape index (κ3) is 2.07. The van der Waals surface area contributed by atoms with Crippen LogP contribution in [0.3, 0.4) is 0 Å². The van der Waals surface area contributed by atoms with E-state index in [9.17, 15) is 0 Å². The van der Waals surface area contributed by atoms with Crippen LogP contribution in [-0.4, -0.2) is 0 Å². The van der Waals surface area contributed by atoms with Gasteiger partial charge in [-0.1, -0.05) is 43.0 Å². The molecule has 1 fully saturated rings. The minimum absolute atomic E-state index is 0.00349. The Hall–Kier alpha value is -0.990. The van der Waals surface area contributed by atoms with Gasteiger partial charge in [-0.3, -0.25) is 0 Å². The highest BCUT2D eigenvalue weighted by molar-refractivity contribution is 6.34. The first-order chi connectivity index (χ1) is 8.24. The van der Waals surface area contributed by atoms with E-state index in [2.05, 4.69) is 0 Å². The Balaban J connectivity index is 1.86. The molecule has 1 aromatic carbocycles. The third-order valence-electron chi connectivity index (χ3n) is 3.69. The molecule has 3 heteroatoms. The summed E-state index contributed by atoms with van der Waals surface area (Å²) in [5.74, 6) is 1.65. The van der Waals surface area contributed by atoms with Crippen molar-refractivity contribution in [1.82, 2.24) is 0 Å². The lowest BCUT2D eigenvalue weighted by Gasteiger charge is -2.27. The van der Waals surface area contributed by atoms with Crippen molar-refractivity contribution >= 4 is 22.6 Å². The van der Waals surface area contributed by atoms with Crippen LogP contribution in [0.25, 0.3) is 11.0 Å². The molecule has 2 nitrogen and oxygen atoms in total. The van der Waals surface area contributed by atoms with Crippen LogP contribution in [0, 0.1) is 5.92 Å². The average molecular weight is 250 g/mol. The second kappa shape index (κ2) is 4.35. The van der Waals surface area contributed by atoms with E-state index in [1.54, 1.807) is 0 Å². The summed E-state index contributed by atoms with van der Waals surface area (Å²) >= 11 is 6.08. The molecule has 0 aliphatic heterocycles. The molecule has 3 rings (SSSR count). The molecule has 1 aliphatic carbocycles. The van der Waals surface area contributed by atoms with Gasteiger partial charge < -0.3 is 10.2 Å². The maximum Gasteiger partial charge on any atom is 0.152 e. The number of benzene rings is 1. The zero-order valence-electron chi connectivity index (χ0n) is 9.66. The van der Waals surface area contributed by atoms with Gasteiger partial charge in [0.05, 0.1) is 11.1 Å². The summed E-state index contributed by atoms with van der Waals surface area (Å²) in [5.41, 5.74) is 6.94. The summed E-state index contributed by atoms with van der Waals surface area (Å²) in [4.78, 5) is 0. The molecular formula is C14H16ClNO. The molecule has 2 aromatic rings. The molecule has 0 radical (unpaired) electrons. The predicted molar refractivity (Wildman–Crippen MR) is 70.1 cm³/mol. The summed E-state index contributed by atoms with van der Waals surface area (Å²) in [7, 11) is 0. The number of hydrogen-bond donors (Lipinski definition) is 1. The van der Waals surface area contributed by atoms with Crippen LogP contribution in [-0.2, 0) is 0 Å². The van der Waals surface area contributed by atoms with Crippen molar-refractivity contribution in [1.29, 1.82) is 0 Å². The first-order valence-corrected chi connectivity index (χ1v) is 6.55. The van der Waals surface area contributed by atoms with Crippen LogP contribution in [0.2, 0.25) is 5.02 Å². The molecule has 1 atom stereocenters. The molecule has 1 aromatic heterocycles. The molecule has 0 spiro atoms. The lowest BCUT2D eigenvalue weighted by molar-refractivity contribution is 0.267. The number of furan rings is 1. The molecule has 2 N–H and O–H groups in total. The highest BCUT2D eigenvalue weighted by atomic mass is 35.5. The van der Waals surface area contributed by atoms with Gasteiger partial charge in [0.25, 0.3) is 0 Å². The van der Waals surface area contributed by atoms with E-state index < -0.39 is 0 Å². The van der Waals surface area contributed by atoms with Gasteiger partial charge in [-0.2, -0.15) is 0 Å². The Morgan fingerprint density at radius 3 is 2.88 bits per heavy atom. The van der Waals surface area contributed by atoms with Gasteiger partial charge in [-0.15, -0.1) is 0 Å². The van der Waals surface area contributed by atoms with Crippen molar-refractivity contribution in [2.45, 2.75) is 31.7 Å². The zero-order valence-corrected chi connectivity index (χ0v) is 10.4. The SMILES string of the molecule is NC(CC1CCC1)c1cc2cccc(Cl)c2o1. The first-order valence-electron chi connectivity index (χ1n) is 6.17. The molecule has 1 aliphatic rings. The van der Waals surface area contributed by atoms with Crippen LogP contribution in [0.5, 0.6) is 0 Å². The van der Waals surface area contributed by atoms with E-state index in [-0.39, 0.29) is 6.04 Å². The quantitative estimate of drug-likeness (QED) is 0.882. The highest BCUT2D eigenvalue weighted by Gasteiger charge is 2.23. The molecular weight excluding hydrogens is 234 g/mol. The monoisotopic (exact) mass is 249 g/mol. The van der Waals surface area contributed by atoms with E-state index in [4.69, 9.17) is 21.8 Å². The summed E-state index contributed by atoms with van der Waals surface area (Å²) in [6, 6.07) is 7.80. The number of fused-ring (bicyclic) bond motifs is 1. The summed E-state index contributed by atoms with van der Waals surface area (Å²) in [6.07, 6.45) is 5.00. The Bertz CT molecular complexity index is 530. The van der Waals surface area contributed by atoms with Gasteiger partial charge in [0, 0.05) is 5.39 Å². The van der Waals surface area contributed by atoms with Gasteiger partial charge in [0.2, 0.25) is 0 Å². The van der Waals surface area contributed by atoms with Crippen LogP contribution >= 0.6 is 11.6 Å². The van der Waals surface area contributed by atoms with Crippen molar-refractivity contribution in [3.63, 3.8) is 0 Å². The van der Waals surface area contributed by atoms with Crippen molar-refractivity contribution in [3.05, 3.63) is 35.0 Å². The molecule has 17 heavy (non-hydrogen) atoms.